The highest BCUT2D eigenvalue weighted by Gasteiger charge is 2.18. The number of nitrogens with zero attached hydrogens (tertiary/aromatic N) is 2. The van der Waals surface area contributed by atoms with Crippen LogP contribution in [0.15, 0.2) is 18.2 Å². The Morgan fingerprint density at radius 1 is 1.27 bits per heavy atom. The molecule has 2 heterocycles. The SMILES string of the molecule is COc1ccc2[nH]c(CSCl)c(CN3CCN(C)CC3)c2c1. The van der Waals surface area contributed by atoms with Gasteiger partial charge >= 0.3 is 0 Å². The molecule has 0 spiro atoms. The summed E-state index contributed by atoms with van der Waals surface area (Å²) in [4.78, 5) is 8.41. The van der Waals surface area contributed by atoms with E-state index in [2.05, 4.69) is 34.0 Å². The molecule has 0 saturated carbocycles. The highest BCUT2D eigenvalue weighted by atomic mass is 35.7. The summed E-state index contributed by atoms with van der Waals surface area (Å²) in [6.07, 6.45) is 0. The summed E-state index contributed by atoms with van der Waals surface area (Å²) in [5.41, 5.74) is 3.74. The molecule has 3 rings (SSSR count). The Labute approximate surface area is 140 Å². The Balaban J connectivity index is 1.92. The van der Waals surface area contributed by atoms with Crippen molar-refractivity contribution in [2.45, 2.75) is 12.3 Å². The maximum Gasteiger partial charge on any atom is 0.119 e. The number of halogens is 1. The molecule has 4 nitrogen and oxygen atoms in total. The molecule has 1 saturated heterocycles. The number of likely N-dealkylation sites (N-methyl/N-ethyl adjacent to an activating group) is 1. The Morgan fingerprint density at radius 3 is 2.73 bits per heavy atom. The molecule has 0 bridgehead atoms. The first-order valence-corrected chi connectivity index (χ1v) is 9.34. The van der Waals surface area contributed by atoms with Crippen LogP contribution in [0.1, 0.15) is 11.3 Å². The molecule has 1 aliphatic rings. The summed E-state index contributed by atoms with van der Waals surface area (Å²) >= 11 is 0. The fourth-order valence-corrected chi connectivity index (χ4v) is 3.68. The number of fused-ring (bicyclic) bond motifs is 1. The van der Waals surface area contributed by atoms with Crippen molar-refractivity contribution in [1.29, 1.82) is 0 Å². The number of methoxy groups -OCH3 is 1. The molecule has 2 aromatic rings. The molecule has 1 aromatic heterocycles. The zero-order valence-electron chi connectivity index (χ0n) is 13.1. The lowest BCUT2D eigenvalue weighted by atomic mass is 10.1. The summed E-state index contributed by atoms with van der Waals surface area (Å²) in [5.74, 6) is 1.69. The lowest BCUT2D eigenvalue weighted by Crippen LogP contribution is -2.43. The number of aromatic amines is 1. The number of H-pyrrole nitrogens is 1. The van der Waals surface area contributed by atoms with Crippen molar-refractivity contribution in [2.75, 3.05) is 40.3 Å². The van der Waals surface area contributed by atoms with Crippen molar-refractivity contribution >= 4 is 32.6 Å². The second-order valence-electron chi connectivity index (χ2n) is 5.83. The molecule has 1 N–H and O–H groups in total. The summed E-state index contributed by atoms with van der Waals surface area (Å²) in [5, 5.41) is 1.25. The normalized spacial score (nSPS) is 17.2. The summed E-state index contributed by atoms with van der Waals surface area (Å²) in [6, 6.07) is 6.21. The van der Waals surface area contributed by atoms with E-state index in [0.29, 0.717) is 0 Å². The number of rotatable bonds is 5. The third-order valence-electron chi connectivity index (χ3n) is 4.38. The Hall–Kier alpha value is -0.880. The molecular weight excluding hydrogens is 318 g/mol. The van der Waals surface area contributed by atoms with Gasteiger partial charge in [-0.2, -0.15) is 0 Å². The van der Waals surface area contributed by atoms with E-state index in [1.165, 1.54) is 27.6 Å². The summed E-state index contributed by atoms with van der Waals surface area (Å²) < 4.78 is 5.39. The van der Waals surface area contributed by atoms with Crippen molar-refractivity contribution in [2.24, 2.45) is 0 Å². The lowest BCUT2D eigenvalue weighted by molar-refractivity contribution is 0.148. The molecule has 22 heavy (non-hydrogen) atoms. The van der Waals surface area contributed by atoms with Gasteiger partial charge in [0.1, 0.15) is 5.75 Å². The number of ether oxygens (including phenoxy) is 1. The van der Waals surface area contributed by atoms with Gasteiger partial charge in [-0.3, -0.25) is 4.90 Å². The van der Waals surface area contributed by atoms with Crippen molar-refractivity contribution in [3.63, 3.8) is 0 Å². The number of aromatic nitrogens is 1. The van der Waals surface area contributed by atoms with E-state index in [-0.39, 0.29) is 0 Å². The van der Waals surface area contributed by atoms with Crippen LogP contribution in [-0.2, 0) is 12.3 Å². The van der Waals surface area contributed by atoms with Crippen LogP contribution in [0.3, 0.4) is 0 Å². The summed E-state index contributed by atoms with van der Waals surface area (Å²) in [6.45, 7) is 5.45. The van der Waals surface area contributed by atoms with Gasteiger partial charge in [-0.1, -0.05) is 0 Å². The smallest absolute Gasteiger partial charge is 0.119 e. The van der Waals surface area contributed by atoms with Gasteiger partial charge in [0.05, 0.1) is 7.11 Å². The van der Waals surface area contributed by atoms with Crippen LogP contribution in [0.2, 0.25) is 0 Å². The molecule has 0 radical (unpaired) electrons. The van der Waals surface area contributed by atoms with Gasteiger partial charge in [0, 0.05) is 55.1 Å². The van der Waals surface area contributed by atoms with Crippen LogP contribution in [0.4, 0.5) is 0 Å². The van der Waals surface area contributed by atoms with Crippen molar-refractivity contribution in [3.05, 3.63) is 29.5 Å². The number of hydrogen-bond donors (Lipinski definition) is 1. The van der Waals surface area contributed by atoms with Gasteiger partial charge in [-0.05, 0) is 52.5 Å². The van der Waals surface area contributed by atoms with Crippen LogP contribution >= 0.6 is 21.7 Å². The standard InChI is InChI=1S/C16H22ClN3OS/c1-19-5-7-20(8-6-19)10-14-13-9-12(21-2)3-4-15(13)18-16(14)11-22-17/h3-4,9,18H,5-8,10-11H2,1-2H3. The first kappa shape index (κ1) is 16.0. The molecule has 1 aromatic carbocycles. The fraction of sp³-hybridized carbons (Fsp3) is 0.500. The molecule has 0 atom stereocenters. The van der Waals surface area contributed by atoms with E-state index in [4.69, 9.17) is 15.4 Å². The zero-order chi connectivity index (χ0) is 15.5. The van der Waals surface area contributed by atoms with Crippen LogP contribution in [-0.4, -0.2) is 55.1 Å². The van der Waals surface area contributed by atoms with Crippen LogP contribution in [0, 0.1) is 0 Å². The number of benzene rings is 1. The molecule has 0 aliphatic carbocycles. The van der Waals surface area contributed by atoms with Gasteiger partial charge in [-0.15, -0.1) is 0 Å². The minimum Gasteiger partial charge on any atom is -0.497 e. The zero-order valence-corrected chi connectivity index (χ0v) is 14.6. The van der Waals surface area contributed by atoms with Gasteiger partial charge < -0.3 is 14.6 Å². The molecular formula is C16H22ClN3OS. The first-order chi connectivity index (χ1) is 10.7. The predicted octanol–water partition coefficient (Wildman–Crippen LogP) is 3.31. The second-order valence-corrected chi connectivity index (χ2v) is 6.99. The first-order valence-electron chi connectivity index (χ1n) is 7.53. The van der Waals surface area contributed by atoms with E-state index < -0.39 is 0 Å². The van der Waals surface area contributed by atoms with Gasteiger partial charge in [0.15, 0.2) is 0 Å². The minimum absolute atomic E-state index is 0.793. The van der Waals surface area contributed by atoms with Crippen molar-refractivity contribution in [3.8, 4) is 5.75 Å². The van der Waals surface area contributed by atoms with E-state index in [1.807, 2.05) is 6.07 Å². The molecule has 1 aliphatic heterocycles. The average molecular weight is 340 g/mol. The molecule has 1 fully saturated rings. The minimum atomic E-state index is 0.793. The topological polar surface area (TPSA) is 31.5 Å². The van der Waals surface area contributed by atoms with Crippen molar-refractivity contribution in [1.82, 2.24) is 14.8 Å². The predicted molar refractivity (Wildman–Crippen MR) is 94.8 cm³/mol. The molecule has 0 unspecified atom stereocenters. The van der Waals surface area contributed by atoms with Crippen molar-refractivity contribution < 1.29 is 4.74 Å². The van der Waals surface area contributed by atoms with E-state index >= 15 is 0 Å². The fourth-order valence-electron chi connectivity index (χ4n) is 3.00. The van der Waals surface area contributed by atoms with Gasteiger partial charge in [0.25, 0.3) is 0 Å². The molecule has 0 amide bonds. The average Bonchev–Trinajstić information content (AvgIpc) is 2.87. The van der Waals surface area contributed by atoms with E-state index in [0.717, 1.165) is 49.7 Å². The highest BCUT2D eigenvalue weighted by molar-refractivity contribution is 8.20. The largest absolute Gasteiger partial charge is 0.497 e. The third-order valence-corrected chi connectivity index (χ3v) is 5.10. The Bertz CT molecular complexity index is 638. The highest BCUT2D eigenvalue weighted by Crippen LogP contribution is 2.30. The molecule has 6 heteroatoms. The third kappa shape index (κ3) is 3.38. The van der Waals surface area contributed by atoms with Gasteiger partial charge in [-0.25, -0.2) is 0 Å². The van der Waals surface area contributed by atoms with E-state index in [1.54, 1.807) is 7.11 Å². The number of piperazine rings is 1. The van der Waals surface area contributed by atoms with E-state index in [9.17, 15) is 0 Å². The monoisotopic (exact) mass is 339 g/mol. The maximum absolute atomic E-state index is 5.91. The quantitative estimate of drug-likeness (QED) is 0.905. The summed E-state index contributed by atoms with van der Waals surface area (Å²) in [7, 11) is 11.1. The van der Waals surface area contributed by atoms with Crippen LogP contribution in [0.5, 0.6) is 5.75 Å². The van der Waals surface area contributed by atoms with Crippen LogP contribution in [0.25, 0.3) is 10.9 Å². The second kappa shape index (κ2) is 7.13. The number of hydrogen-bond acceptors (Lipinski definition) is 4. The number of nitrogens with one attached hydrogen (secondary N) is 1. The maximum atomic E-state index is 5.91. The Morgan fingerprint density at radius 2 is 2.05 bits per heavy atom. The lowest BCUT2D eigenvalue weighted by Gasteiger charge is -2.32. The Kier molecular flexibility index (Phi) is 5.18. The van der Waals surface area contributed by atoms with Crippen LogP contribution < -0.4 is 4.74 Å². The van der Waals surface area contributed by atoms with Gasteiger partial charge in [0.2, 0.25) is 0 Å². The molecule has 120 valence electrons.